The highest BCUT2D eigenvalue weighted by Gasteiger charge is 2.39. The zero-order valence-electron chi connectivity index (χ0n) is 14.4. The molecule has 1 aromatic rings. The van der Waals surface area contributed by atoms with Crippen LogP contribution in [-0.2, 0) is 16.1 Å². The van der Waals surface area contributed by atoms with Crippen molar-refractivity contribution < 1.29 is 14.4 Å². The van der Waals surface area contributed by atoms with Crippen molar-refractivity contribution in [2.75, 3.05) is 0 Å². The van der Waals surface area contributed by atoms with Gasteiger partial charge in [-0.05, 0) is 42.4 Å². The Morgan fingerprint density at radius 3 is 2.44 bits per heavy atom. The molecule has 132 valence electrons. The summed E-state index contributed by atoms with van der Waals surface area (Å²) < 4.78 is 0. The van der Waals surface area contributed by atoms with Gasteiger partial charge in [-0.3, -0.25) is 19.7 Å². The van der Waals surface area contributed by atoms with Crippen LogP contribution in [0.3, 0.4) is 0 Å². The van der Waals surface area contributed by atoms with E-state index >= 15 is 0 Å². The summed E-state index contributed by atoms with van der Waals surface area (Å²) in [6.07, 6.45) is 8.37. The maximum atomic E-state index is 12.7. The van der Waals surface area contributed by atoms with E-state index in [2.05, 4.69) is 17.4 Å². The highest BCUT2D eigenvalue weighted by Crippen LogP contribution is 2.35. The molecular weight excluding hydrogens is 316 g/mol. The summed E-state index contributed by atoms with van der Waals surface area (Å²) in [4.78, 5) is 37.8. The Morgan fingerprint density at radius 1 is 0.960 bits per heavy atom. The average molecular weight is 340 g/mol. The normalized spacial score (nSPS) is 24.9. The lowest BCUT2D eigenvalue weighted by molar-refractivity contribution is -0.136. The summed E-state index contributed by atoms with van der Waals surface area (Å²) in [5.41, 5.74) is 3.07. The fraction of sp³-hybridized carbons (Fsp3) is 0.550. The van der Waals surface area contributed by atoms with Gasteiger partial charge in [0, 0.05) is 18.5 Å². The first kappa shape index (κ1) is 16.3. The Bertz CT molecular complexity index is 720. The first-order chi connectivity index (χ1) is 12.1. The Balaban J connectivity index is 1.54. The van der Waals surface area contributed by atoms with E-state index in [1.807, 2.05) is 6.07 Å². The molecule has 1 aliphatic carbocycles. The topological polar surface area (TPSA) is 66.5 Å². The molecule has 1 unspecified atom stereocenters. The Morgan fingerprint density at radius 2 is 1.72 bits per heavy atom. The van der Waals surface area contributed by atoms with E-state index in [1.165, 1.54) is 44.1 Å². The second kappa shape index (κ2) is 6.62. The average Bonchev–Trinajstić information content (AvgIpc) is 2.78. The molecule has 2 fully saturated rings. The number of carbonyl (C=O) groups excluding carboxylic acids is 3. The summed E-state index contributed by atoms with van der Waals surface area (Å²) in [7, 11) is 0. The molecule has 4 rings (SSSR count). The van der Waals surface area contributed by atoms with Crippen molar-refractivity contribution in [3.05, 3.63) is 34.9 Å². The summed E-state index contributed by atoms with van der Waals surface area (Å²) in [5, 5.41) is 2.35. The third kappa shape index (κ3) is 3.08. The van der Waals surface area contributed by atoms with Crippen molar-refractivity contribution in [1.82, 2.24) is 10.2 Å². The lowest BCUT2D eigenvalue weighted by Crippen LogP contribution is -2.52. The number of fused-ring (bicyclic) bond motifs is 1. The van der Waals surface area contributed by atoms with Crippen molar-refractivity contribution in [2.24, 2.45) is 0 Å². The SMILES string of the molecule is O=C1CCC(N2Cc3cc(C4CCCCCC4)ccc3C2=O)C(=O)N1. The number of piperidine rings is 1. The van der Waals surface area contributed by atoms with E-state index in [9.17, 15) is 14.4 Å². The van der Waals surface area contributed by atoms with E-state index in [0.717, 1.165) is 5.56 Å². The molecule has 5 nitrogen and oxygen atoms in total. The molecule has 0 bridgehead atoms. The van der Waals surface area contributed by atoms with Crippen molar-refractivity contribution >= 4 is 17.7 Å². The Kier molecular flexibility index (Phi) is 4.32. The van der Waals surface area contributed by atoms with E-state index in [1.54, 1.807) is 4.90 Å². The molecule has 1 saturated carbocycles. The number of hydrogen-bond acceptors (Lipinski definition) is 3. The first-order valence-electron chi connectivity index (χ1n) is 9.41. The quantitative estimate of drug-likeness (QED) is 0.665. The number of amides is 3. The van der Waals surface area contributed by atoms with E-state index in [-0.39, 0.29) is 17.7 Å². The van der Waals surface area contributed by atoms with Crippen LogP contribution in [0.15, 0.2) is 18.2 Å². The molecule has 1 saturated heterocycles. The molecule has 1 atom stereocenters. The van der Waals surface area contributed by atoms with Gasteiger partial charge >= 0.3 is 0 Å². The minimum absolute atomic E-state index is 0.0862. The molecule has 3 amide bonds. The van der Waals surface area contributed by atoms with Gasteiger partial charge in [0.1, 0.15) is 6.04 Å². The molecule has 1 N–H and O–H groups in total. The van der Waals surface area contributed by atoms with Crippen LogP contribution in [-0.4, -0.2) is 28.7 Å². The second-order valence-electron chi connectivity index (χ2n) is 7.51. The van der Waals surface area contributed by atoms with E-state index in [4.69, 9.17) is 0 Å². The smallest absolute Gasteiger partial charge is 0.255 e. The van der Waals surface area contributed by atoms with Gasteiger partial charge in [0.05, 0.1) is 0 Å². The van der Waals surface area contributed by atoms with Gasteiger partial charge in [0.25, 0.3) is 5.91 Å². The maximum Gasteiger partial charge on any atom is 0.255 e. The number of hydrogen-bond donors (Lipinski definition) is 1. The predicted molar refractivity (Wildman–Crippen MR) is 92.9 cm³/mol. The Labute approximate surface area is 147 Å². The van der Waals surface area contributed by atoms with Crippen LogP contribution < -0.4 is 5.32 Å². The highest BCUT2D eigenvalue weighted by molar-refractivity contribution is 6.05. The van der Waals surface area contributed by atoms with Gasteiger partial charge in [-0.2, -0.15) is 0 Å². The first-order valence-corrected chi connectivity index (χ1v) is 9.41. The van der Waals surface area contributed by atoms with Crippen molar-refractivity contribution in [3.8, 4) is 0 Å². The fourth-order valence-corrected chi connectivity index (χ4v) is 4.46. The van der Waals surface area contributed by atoms with Gasteiger partial charge in [0.2, 0.25) is 11.8 Å². The Hall–Kier alpha value is -2.17. The van der Waals surface area contributed by atoms with Gasteiger partial charge in [-0.25, -0.2) is 0 Å². The number of nitrogens with one attached hydrogen (secondary N) is 1. The number of carbonyl (C=O) groups is 3. The number of nitrogens with zero attached hydrogens (tertiary/aromatic N) is 1. The van der Waals surface area contributed by atoms with Crippen LogP contribution in [0, 0.1) is 0 Å². The van der Waals surface area contributed by atoms with Crippen LogP contribution in [0.25, 0.3) is 0 Å². The molecule has 3 aliphatic rings. The monoisotopic (exact) mass is 340 g/mol. The van der Waals surface area contributed by atoms with Crippen LogP contribution in [0.4, 0.5) is 0 Å². The minimum atomic E-state index is -0.529. The highest BCUT2D eigenvalue weighted by atomic mass is 16.2. The van der Waals surface area contributed by atoms with Crippen molar-refractivity contribution in [3.63, 3.8) is 0 Å². The lowest BCUT2D eigenvalue weighted by atomic mass is 9.90. The van der Waals surface area contributed by atoms with E-state index < -0.39 is 6.04 Å². The fourth-order valence-electron chi connectivity index (χ4n) is 4.46. The molecule has 0 spiro atoms. The third-order valence-corrected chi connectivity index (χ3v) is 5.87. The van der Waals surface area contributed by atoms with Gasteiger partial charge in [-0.1, -0.05) is 37.8 Å². The molecule has 2 heterocycles. The molecule has 0 aromatic heterocycles. The number of imide groups is 1. The summed E-state index contributed by atoms with van der Waals surface area (Å²) >= 11 is 0. The van der Waals surface area contributed by atoms with Gasteiger partial charge in [-0.15, -0.1) is 0 Å². The molecule has 5 heteroatoms. The van der Waals surface area contributed by atoms with Crippen LogP contribution in [0.2, 0.25) is 0 Å². The van der Waals surface area contributed by atoms with E-state index in [0.29, 0.717) is 30.9 Å². The maximum absolute atomic E-state index is 12.7. The van der Waals surface area contributed by atoms with Crippen LogP contribution in [0.1, 0.15) is 78.8 Å². The predicted octanol–water partition coefficient (Wildman–Crippen LogP) is 2.89. The standard InChI is InChI=1S/C20H24N2O3/c23-18-10-9-17(19(24)21-18)22-12-15-11-14(7-8-16(15)20(22)25)13-5-3-1-2-4-6-13/h7-8,11,13,17H,1-6,9-10,12H2,(H,21,23,24). The lowest BCUT2D eigenvalue weighted by Gasteiger charge is -2.29. The van der Waals surface area contributed by atoms with Crippen LogP contribution >= 0.6 is 0 Å². The van der Waals surface area contributed by atoms with Crippen LogP contribution in [0.5, 0.6) is 0 Å². The molecule has 1 aromatic carbocycles. The summed E-state index contributed by atoms with van der Waals surface area (Å²) in [6, 6.07) is 5.68. The minimum Gasteiger partial charge on any atom is -0.322 e. The summed E-state index contributed by atoms with van der Waals surface area (Å²) in [5.74, 6) is -0.0908. The van der Waals surface area contributed by atoms with Gasteiger partial charge in [0.15, 0.2) is 0 Å². The summed E-state index contributed by atoms with van der Waals surface area (Å²) in [6.45, 7) is 0.473. The second-order valence-corrected chi connectivity index (χ2v) is 7.51. The molecule has 25 heavy (non-hydrogen) atoms. The van der Waals surface area contributed by atoms with Crippen molar-refractivity contribution in [2.45, 2.75) is 69.9 Å². The van der Waals surface area contributed by atoms with Crippen molar-refractivity contribution in [1.29, 1.82) is 0 Å². The molecular formula is C20H24N2O3. The molecule has 2 aliphatic heterocycles. The number of rotatable bonds is 2. The third-order valence-electron chi connectivity index (χ3n) is 5.87. The number of benzene rings is 1. The van der Waals surface area contributed by atoms with Gasteiger partial charge < -0.3 is 4.90 Å². The zero-order chi connectivity index (χ0) is 17.4. The molecule has 0 radical (unpaired) electrons. The largest absolute Gasteiger partial charge is 0.322 e. The zero-order valence-corrected chi connectivity index (χ0v) is 14.4.